The number of imidazole rings is 1. The van der Waals surface area contributed by atoms with Gasteiger partial charge in [0.1, 0.15) is 11.3 Å². The zero-order valence-corrected chi connectivity index (χ0v) is 14.9. The molecule has 3 aromatic heterocycles. The second-order valence-corrected chi connectivity index (χ2v) is 6.84. The van der Waals surface area contributed by atoms with Crippen molar-refractivity contribution >= 4 is 17.1 Å². The molecule has 1 aromatic carbocycles. The van der Waals surface area contributed by atoms with Gasteiger partial charge in [0.2, 0.25) is 5.95 Å². The van der Waals surface area contributed by atoms with Crippen LogP contribution in [-0.2, 0) is 6.42 Å². The van der Waals surface area contributed by atoms with Gasteiger partial charge in [-0.1, -0.05) is 30.3 Å². The minimum absolute atomic E-state index is 0.477. The molecular weight excluding hydrogens is 336 g/mol. The van der Waals surface area contributed by atoms with Crippen molar-refractivity contribution in [3.63, 3.8) is 0 Å². The standard InChI is InChI=1S/C21H20N6/c1-2-4-15(5-3-1)8-13-23-21-24-14-18-20(26-21)27(17-6-7-17)19(25-18)16-9-11-22-12-10-16/h1-5,9-12,14,17H,6-8,13H2,(H,23,24,26). The summed E-state index contributed by atoms with van der Waals surface area (Å²) in [5.74, 6) is 1.60. The van der Waals surface area contributed by atoms with Crippen molar-refractivity contribution in [1.82, 2.24) is 24.5 Å². The van der Waals surface area contributed by atoms with E-state index in [1.165, 1.54) is 18.4 Å². The van der Waals surface area contributed by atoms with Gasteiger partial charge in [-0.2, -0.15) is 4.98 Å². The van der Waals surface area contributed by atoms with E-state index in [1.54, 1.807) is 12.4 Å². The molecular formula is C21H20N6. The van der Waals surface area contributed by atoms with Crippen molar-refractivity contribution in [1.29, 1.82) is 0 Å². The summed E-state index contributed by atoms with van der Waals surface area (Å²) < 4.78 is 2.26. The molecule has 5 rings (SSSR count). The monoisotopic (exact) mass is 356 g/mol. The Balaban J connectivity index is 1.44. The maximum Gasteiger partial charge on any atom is 0.224 e. The number of anilines is 1. The number of aromatic nitrogens is 5. The van der Waals surface area contributed by atoms with Gasteiger partial charge in [0.15, 0.2) is 5.65 Å². The zero-order chi connectivity index (χ0) is 18.1. The van der Waals surface area contributed by atoms with Crippen LogP contribution in [0.25, 0.3) is 22.6 Å². The van der Waals surface area contributed by atoms with Crippen molar-refractivity contribution in [2.24, 2.45) is 0 Å². The molecule has 1 aliphatic rings. The van der Waals surface area contributed by atoms with Gasteiger partial charge in [0.25, 0.3) is 0 Å². The highest BCUT2D eigenvalue weighted by atomic mass is 15.2. The van der Waals surface area contributed by atoms with E-state index in [2.05, 4.69) is 44.1 Å². The van der Waals surface area contributed by atoms with Gasteiger partial charge < -0.3 is 9.88 Å². The van der Waals surface area contributed by atoms with Crippen LogP contribution in [0.15, 0.2) is 61.1 Å². The Bertz CT molecular complexity index is 1050. The third-order valence-corrected chi connectivity index (χ3v) is 4.82. The predicted octanol–water partition coefficient (Wildman–Crippen LogP) is 3.88. The Kier molecular flexibility index (Phi) is 4.01. The largest absolute Gasteiger partial charge is 0.354 e. The highest BCUT2D eigenvalue weighted by molar-refractivity contribution is 5.77. The number of nitrogens with one attached hydrogen (secondary N) is 1. The van der Waals surface area contributed by atoms with E-state index in [1.807, 2.05) is 24.4 Å². The summed E-state index contributed by atoms with van der Waals surface area (Å²) in [6.07, 6.45) is 8.69. The SMILES string of the molecule is c1ccc(CCNc2ncc3nc(-c4ccncc4)n(C4CC4)c3n2)cc1. The average molecular weight is 356 g/mol. The maximum absolute atomic E-state index is 4.80. The van der Waals surface area contributed by atoms with E-state index in [0.717, 1.165) is 35.5 Å². The first-order chi connectivity index (χ1) is 13.4. The summed E-state index contributed by atoms with van der Waals surface area (Å²) in [6.45, 7) is 0.796. The highest BCUT2D eigenvalue weighted by Gasteiger charge is 2.29. The van der Waals surface area contributed by atoms with Crippen molar-refractivity contribution < 1.29 is 0 Å². The highest BCUT2D eigenvalue weighted by Crippen LogP contribution is 2.40. The van der Waals surface area contributed by atoms with Crippen LogP contribution >= 0.6 is 0 Å². The first kappa shape index (κ1) is 15.9. The van der Waals surface area contributed by atoms with E-state index in [4.69, 9.17) is 9.97 Å². The van der Waals surface area contributed by atoms with Crippen LogP contribution < -0.4 is 5.32 Å². The topological polar surface area (TPSA) is 68.5 Å². The summed E-state index contributed by atoms with van der Waals surface area (Å²) >= 11 is 0. The number of nitrogens with zero attached hydrogens (tertiary/aromatic N) is 5. The third kappa shape index (κ3) is 3.26. The molecule has 0 amide bonds. The van der Waals surface area contributed by atoms with Crippen LogP contribution in [0.4, 0.5) is 5.95 Å². The molecule has 1 aliphatic carbocycles. The Morgan fingerprint density at radius 2 is 1.81 bits per heavy atom. The van der Waals surface area contributed by atoms with Crippen LogP contribution in [-0.4, -0.2) is 31.0 Å². The summed E-state index contributed by atoms with van der Waals surface area (Å²) in [7, 11) is 0. The maximum atomic E-state index is 4.80. The van der Waals surface area contributed by atoms with Crippen molar-refractivity contribution in [2.45, 2.75) is 25.3 Å². The molecule has 3 heterocycles. The van der Waals surface area contributed by atoms with E-state index < -0.39 is 0 Å². The van der Waals surface area contributed by atoms with Crippen LogP contribution in [0.2, 0.25) is 0 Å². The molecule has 1 saturated carbocycles. The summed E-state index contributed by atoms with van der Waals surface area (Å²) in [6, 6.07) is 14.9. The Hall–Kier alpha value is -3.28. The molecule has 4 aromatic rings. The zero-order valence-electron chi connectivity index (χ0n) is 14.9. The second kappa shape index (κ2) is 6.79. The summed E-state index contributed by atoms with van der Waals surface area (Å²) in [5.41, 5.74) is 4.10. The van der Waals surface area contributed by atoms with E-state index in [0.29, 0.717) is 12.0 Å². The molecule has 134 valence electrons. The van der Waals surface area contributed by atoms with E-state index in [9.17, 15) is 0 Å². The Morgan fingerprint density at radius 1 is 1.00 bits per heavy atom. The van der Waals surface area contributed by atoms with Crippen LogP contribution in [0.3, 0.4) is 0 Å². The van der Waals surface area contributed by atoms with Gasteiger partial charge in [-0.15, -0.1) is 0 Å². The third-order valence-electron chi connectivity index (χ3n) is 4.82. The first-order valence-electron chi connectivity index (χ1n) is 9.32. The van der Waals surface area contributed by atoms with Gasteiger partial charge in [-0.05, 0) is 37.0 Å². The summed E-state index contributed by atoms with van der Waals surface area (Å²) in [4.78, 5) is 18.1. The lowest BCUT2D eigenvalue weighted by Gasteiger charge is -2.08. The molecule has 27 heavy (non-hydrogen) atoms. The fraction of sp³-hybridized carbons (Fsp3) is 0.238. The van der Waals surface area contributed by atoms with E-state index in [-0.39, 0.29) is 0 Å². The minimum Gasteiger partial charge on any atom is -0.354 e. The fourth-order valence-corrected chi connectivity index (χ4v) is 3.32. The number of fused-ring (bicyclic) bond motifs is 1. The number of hydrogen-bond acceptors (Lipinski definition) is 5. The fourth-order valence-electron chi connectivity index (χ4n) is 3.32. The van der Waals surface area contributed by atoms with Crippen LogP contribution in [0.1, 0.15) is 24.4 Å². The van der Waals surface area contributed by atoms with Crippen molar-refractivity contribution in [3.05, 3.63) is 66.6 Å². The van der Waals surface area contributed by atoms with Crippen molar-refractivity contribution in [3.8, 4) is 11.4 Å². The number of benzene rings is 1. The normalized spacial score (nSPS) is 13.8. The number of pyridine rings is 1. The molecule has 1 N–H and O–H groups in total. The lowest BCUT2D eigenvalue weighted by atomic mass is 10.1. The van der Waals surface area contributed by atoms with Gasteiger partial charge in [-0.3, -0.25) is 4.98 Å². The van der Waals surface area contributed by atoms with Crippen molar-refractivity contribution in [2.75, 3.05) is 11.9 Å². The molecule has 0 spiro atoms. The van der Waals surface area contributed by atoms with E-state index >= 15 is 0 Å². The molecule has 0 radical (unpaired) electrons. The second-order valence-electron chi connectivity index (χ2n) is 6.84. The van der Waals surface area contributed by atoms with Gasteiger partial charge in [0.05, 0.1) is 6.20 Å². The van der Waals surface area contributed by atoms with Crippen LogP contribution in [0, 0.1) is 0 Å². The van der Waals surface area contributed by atoms with Gasteiger partial charge in [-0.25, -0.2) is 9.97 Å². The lowest BCUT2D eigenvalue weighted by molar-refractivity contribution is 0.765. The van der Waals surface area contributed by atoms with Gasteiger partial charge in [0, 0.05) is 30.5 Å². The average Bonchev–Trinajstić information content (AvgIpc) is 3.49. The molecule has 6 heteroatoms. The minimum atomic E-state index is 0.477. The first-order valence-corrected chi connectivity index (χ1v) is 9.32. The number of rotatable bonds is 6. The predicted molar refractivity (Wildman–Crippen MR) is 105 cm³/mol. The Morgan fingerprint density at radius 3 is 2.59 bits per heavy atom. The summed E-state index contributed by atoms with van der Waals surface area (Å²) in [5, 5.41) is 3.35. The van der Waals surface area contributed by atoms with Gasteiger partial charge >= 0.3 is 0 Å². The molecule has 1 fully saturated rings. The molecule has 0 aliphatic heterocycles. The van der Waals surface area contributed by atoms with Crippen LogP contribution in [0.5, 0.6) is 0 Å². The smallest absolute Gasteiger partial charge is 0.224 e. The molecule has 0 saturated heterocycles. The molecule has 0 atom stereocenters. The molecule has 0 bridgehead atoms. The lowest BCUT2D eigenvalue weighted by Crippen LogP contribution is -2.08. The Labute approximate surface area is 157 Å². The quantitative estimate of drug-likeness (QED) is 0.568. The molecule has 0 unspecified atom stereocenters. The number of hydrogen-bond donors (Lipinski definition) is 1. The molecule has 6 nitrogen and oxygen atoms in total.